The predicted molar refractivity (Wildman–Crippen MR) is 121 cm³/mol. The molecular formula is C23H19BrClN5O. The first kappa shape index (κ1) is 21.4. The summed E-state index contributed by atoms with van der Waals surface area (Å²) in [6, 6.07) is 13.4. The van der Waals surface area contributed by atoms with Gasteiger partial charge in [0.25, 0.3) is 5.91 Å². The number of nitriles is 1. The monoisotopic (exact) mass is 495 g/mol. The topological polar surface area (TPSA) is 82.8 Å². The molecule has 6 nitrogen and oxygen atoms in total. The van der Waals surface area contributed by atoms with Gasteiger partial charge in [-0.05, 0) is 55.2 Å². The summed E-state index contributed by atoms with van der Waals surface area (Å²) in [5.74, 6) is -0.0964. The summed E-state index contributed by atoms with van der Waals surface area (Å²) in [7, 11) is 0. The highest BCUT2D eigenvalue weighted by Crippen LogP contribution is 2.37. The maximum absolute atomic E-state index is 13.3. The molecule has 8 heteroatoms. The average Bonchev–Trinajstić information content (AvgIpc) is 2.81. The van der Waals surface area contributed by atoms with Crippen molar-refractivity contribution in [2.75, 3.05) is 13.1 Å². The van der Waals surface area contributed by atoms with Crippen molar-refractivity contribution in [2.24, 2.45) is 5.41 Å². The summed E-state index contributed by atoms with van der Waals surface area (Å²) in [5, 5.41) is 10.6. The van der Waals surface area contributed by atoms with Crippen molar-refractivity contribution < 1.29 is 4.79 Å². The molecule has 0 aliphatic carbocycles. The van der Waals surface area contributed by atoms with E-state index in [1.54, 1.807) is 35.5 Å². The molecule has 1 fully saturated rings. The third kappa shape index (κ3) is 4.60. The van der Waals surface area contributed by atoms with Crippen molar-refractivity contribution in [3.63, 3.8) is 0 Å². The lowest BCUT2D eigenvalue weighted by Crippen LogP contribution is -2.43. The minimum atomic E-state index is -0.516. The minimum absolute atomic E-state index is 0.0964. The van der Waals surface area contributed by atoms with Crippen LogP contribution in [0.4, 0.5) is 0 Å². The zero-order valence-corrected chi connectivity index (χ0v) is 19.0. The van der Waals surface area contributed by atoms with Crippen LogP contribution < -0.4 is 0 Å². The van der Waals surface area contributed by atoms with Gasteiger partial charge < -0.3 is 4.90 Å². The van der Waals surface area contributed by atoms with Gasteiger partial charge in [0, 0.05) is 35.0 Å². The zero-order chi connectivity index (χ0) is 21.8. The van der Waals surface area contributed by atoms with Gasteiger partial charge in [0.05, 0.1) is 22.7 Å². The van der Waals surface area contributed by atoms with Gasteiger partial charge in [-0.3, -0.25) is 9.78 Å². The highest BCUT2D eigenvalue weighted by atomic mass is 79.9. The minimum Gasteiger partial charge on any atom is -0.338 e. The summed E-state index contributed by atoms with van der Waals surface area (Å²) in [5.41, 5.74) is 2.18. The number of benzene rings is 1. The first-order valence-corrected chi connectivity index (χ1v) is 11.0. The van der Waals surface area contributed by atoms with Gasteiger partial charge in [0.15, 0.2) is 0 Å². The van der Waals surface area contributed by atoms with Crippen LogP contribution in [0.2, 0.25) is 5.02 Å². The van der Waals surface area contributed by atoms with E-state index in [0.29, 0.717) is 54.3 Å². The Kier molecular flexibility index (Phi) is 6.30. The number of aromatic nitrogens is 3. The molecule has 1 amide bonds. The van der Waals surface area contributed by atoms with Crippen molar-refractivity contribution in [3.05, 3.63) is 75.7 Å². The van der Waals surface area contributed by atoms with Crippen molar-refractivity contribution in [1.29, 1.82) is 5.26 Å². The van der Waals surface area contributed by atoms with E-state index in [4.69, 9.17) is 11.6 Å². The molecule has 1 aliphatic heterocycles. The van der Waals surface area contributed by atoms with Gasteiger partial charge in [0.1, 0.15) is 12.0 Å². The Bertz CT molecular complexity index is 1140. The molecule has 1 aromatic carbocycles. The molecule has 2 aromatic heterocycles. The van der Waals surface area contributed by atoms with Gasteiger partial charge >= 0.3 is 0 Å². The number of hydrogen-bond acceptors (Lipinski definition) is 5. The summed E-state index contributed by atoms with van der Waals surface area (Å²) >= 11 is 9.59. The fourth-order valence-corrected chi connectivity index (χ4v) is 4.70. The Labute approximate surface area is 194 Å². The molecule has 3 heterocycles. The maximum atomic E-state index is 13.3. The van der Waals surface area contributed by atoms with Gasteiger partial charge in [-0.15, -0.1) is 0 Å². The second-order valence-electron chi connectivity index (χ2n) is 7.59. The largest absolute Gasteiger partial charge is 0.338 e. The zero-order valence-electron chi connectivity index (χ0n) is 16.6. The van der Waals surface area contributed by atoms with Crippen LogP contribution in [0.3, 0.4) is 0 Å². The number of carbonyl (C=O) groups is 1. The lowest BCUT2D eigenvalue weighted by atomic mass is 9.75. The normalized spacial score (nSPS) is 15.3. The fourth-order valence-electron chi connectivity index (χ4n) is 3.88. The highest BCUT2D eigenvalue weighted by Gasteiger charge is 2.37. The smallest absolute Gasteiger partial charge is 0.256 e. The number of carbonyl (C=O) groups excluding carboxylic acids is 1. The molecule has 156 valence electrons. The van der Waals surface area contributed by atoms with Gasteiger partial charge in [0.2, 0.25) is 0 Å². The second-order valence-corrected chi connectivity index (χ2v) is 8.88. The molecular weight excluding hydrogens is 478 g/mol. The summed E-state index contributed by atoms with van der Waals surface area (Å²) in [4.78, 5) is 27.6. The first-order chi connectivity index (χ1) is 15.0. The Hall–Kier alpha value is -2.82. The SMILES string of the molecule is N#CC1(Cc2ccc(Cl)cc2Br)CCN(C(=O)c2cccnc2-c2ccncn2)CC1. The lowest BCUT2D eigenvalue weighted by Gasteiger charge is -2.37. The maximum Gasteiger partial charge on any atom is 0.256 e. The highest BCUT2D eigenvalue weighted by molar-refractivity contribution is 9.10. The van der Waals surface area contributed by atoms with E-state index in [0.717, 1.165) is 10.0 Å². The van der Waals surface area contributed by atoms with E-state index in [2.05, 4.69) is 37.0 Å². The number of hydrogen-bond donors (Lipinski definition) is 0. The summed E-state index contributed by atoms with van der Waals surface area (Å²) in [6.45, 7) is 1.02. The number of piperidine rings is 1. The molecule has 31 heavy (non-hydrogen) atoms. The number of nitrogens with zero attached hydrogens (tertiary/aromatic N) is 5. The Morgan fingerprint density at radius 1 is 1.19 bits per heavy atom. The van der Waals surface area contributed by atoms with Crippen LogP contribution in [0.25, 0.3) is 11.4 Å². The number of amides is 1. The van der Waals surface area contributed by atoms with E-state index in [1.807, 2.05) is 18.2 Å². The molecule has 4 rings (SSSR count). The molecule has 0 unspecified atom stereocenters. The molecule has 0 atom stereocenters. The van der Waals surface area contributed by atoms with Crippen molar-refractivity contribution >= 4 is 33.4 Å². The Morgan fingerprint density at radius 2 is 2.00 bits per heavy atom. The van der Waals surface area contributed by atoms with Crippen LogP contribution in [0.1, 0.15) is 28.8 Å². The van der Waals surface area contributed by atoms with Crippen molar-refractivity contribution in [2.45, 2.75) is 19.3 Å². The molecule has 0 bridgehead atoms. The lowest BCUT2D eigenvalue weighted by molar-refractivity contribution is 0.0647. The Morgan fingerprint density at radius 3 is 2.68 bits per heavy atom. The number of pyridine rings is 1. The van der Waals surface area contributed by atoms with Gasteiger partial charge in [-0.1, -0.05) is 33.6 Å². The molecule has 0 N–H and O–H groups in total. The number of halogens is 2. The van der Waals surface area contributed by atoms with Crippen LogP contribution in [-0.2, 0) is 6.42 Å². The standard InChI is InChI=1S/C23H19BrClN5O/c24-19-12-17(25)4-3-16(19)13-23(14-26)6-10-30(11-7-23)22(31)18-2-1-8-28-21(18)20-5-9-27-15-29-20/h1-5,8-9,12,15H,6-7,10-11,13H2. The van der Waals surface area contributed by atoms with E-state index in [9.17, 15) is 10.1 Å². The van der Waals surface area contributed by atoms with Gasteiger partial charge in [-0.2, -0.15) is 5.26 Å². The van der Waals surface area contributed by atoms with Crippen LogP contribution in [0.15, 0.2) is 59.6 Å². The molecule has 0 radical (unpaired) electrons. The predicted octanol–water partition coefficient (Wildman–Crippen LogP) is 4.94. The average molecular weight is 497 g/mol. The van der Waals surface area contributed by atoms with Gasteiger partial charge in [-0.25, -0.2) is 9.97 Å². The van der Waals surface area contributed by atoms with E-state index in [-0.39, 0.29) is 5.91 Å². The Balaban J connectivity index is 1.51. The van der Waals surface area contributed by atoms with E-state index in [1.165, 1.54) is 6.33 Å². The molecule has 0 saturated carbocycles. The number of rotatable bonds is 4. The molecule has 3 aromatic rings. The summed E-state index contributed by atoms with van der Waals surface area (Å²) < 4.78 is 0.901. The van der Waals surface area contributed by atoms with E-state index >= 15 is 0 Å². The van der Waals surface area contributed by atoms with Crippen molar-refractivity contribution in [1.82, 2.24) is 19.9 Å². The molecule has 1 aliphatic rings. The first-order valence-electron chi connectivity index (χ1n) is 9.87. The quantitative estimate of drug-likeness (QED) is 0.511. The van der Waals surface area contributed by atoms with Crippen LogP contribution in [0.5, 0.6) is 0 Å². The molecule has 0 spiro atoms. The third-order valence-corrected chi connectivity index (χ3v) is 6.62. The van der Waals surface area contributed by atoms with Crippen molar-refractivity contribution in [3.8, 4) is 17.5 Å². The summed E-state index contributed by atoms with van der Waals surface area (Å²) in [6.07, 6.45) is 6.54. The van der Waals surface area contributed by atoms with E-state index < -0.39 is 5.41 Å². The second kappa shape index (κ2) is 9.13. The fraction of sp³-hybridized carbons (Fsp3) is 0.261. The van der Waals surface area contributed by atoms with Crippen LogP contribution in [-0.4, -0.2) is 38.8 Å². The van der Waals surface area contributed by atoms with Crippen LogP contribution >= 0.6 is 27.5 Å². The third-order valence-electron chi connectivity index (χ3n) is 5.65. The number of likely N-dealkylation sites (tertiary alicyclic amines) is 1. The molecule has 1 saturated heterocycles. The van der Waals surface area contributed by atoms with Crippen LogP contribution in [0, 0.1) is 16.7 Å².